The zero-order chi connectivity index (χ0) is 17.8. The zero-order valence-corrected chi connectivity index (χ0v) is 12.2. The second kappa shape index (κ2) is 6.95. The molecule has 0 aliphatic heterocycles. The average Bonchev–Trinajstić information content (AvgIpc) is 2.50. The van der Waals surface area contributed by atoms with Crippen LogP contribution in [0.5, 0.6) is 0 Å². The summed E-state index contributed by atoms with van der Waals surface area (Å²) in [4.78, 5) is 0. The predicted molar refractivity (Wildman–Crippen MR) is 82.1 cm³/mol. The van der Waals surface area contributed by atoms with Crippen LogP contribution < -0.4 is 0 Å². The Balaban J connectivity index is 2.59. The van der Waals surface area contributed by atoms with Gasteiger partial charge >= 0.3 is 12.4 Å². The minimum atomic E-state index is -4.56. The molecule has 0 bridgehead atoms. The van der Waals surface area contributed by atoms with Crippen LogP contribution in [0.1, 0.15) is 11.1 Å². The monoisotopic (exact) mass is 342 g/mol. The van der Waals surface area contributed by atoms with Gasteiger partial charge in [0.05, 0.1) is 0 Å². The molecule has 0 aromatic heterocycles. The van der Waals surface area contributed by atoms with Crippen molar-refractivity contribution in [3.05, 3.63) is 71.8 Å². The molecule has 0 nitrogen and oxygen atoms in total. The van der Waals surface area contributed by atoms with Crippen LogP contribution in [0, 0.1) is 0 Å². The molecule has 0 radical (unpaired) electrons. The van der Waals surface area contributed by atoms with Gasteiger partial charge in [-0.3, -0.25) is 0 Å². The van der Waals surface area contributed by atoms with E-state index in [4.69, 9.17) is 0 Å². The van der Waals surface area contributed by atoms with Crippen LogP contribution in [0.15, 0.2) is 60.7 Å². The van der Waals surface area contributed by atoms with E-state index in [1.165, 1.54) is 12.1 Å². The lowest BCUT2D eigenvalue weighted by Crippen LogP contribution is -2.02. The Morgan fingerprint density at radius 3 is 1.79 bits per heavy atom. The zero-order valence-electron chi connectivity index (χ0n) is 12.2. The molecule has 0 unspecified atom stereocenters. The number of hydrogen-bond acceptors (Lipinski definition) is 0. The Labute approximate surface area is 134 Å². The van der Waals surface area contributed by atoms with Crippen molar-refractivity contribution >= 4 is 12.2 Å². The normalized spacial score (nSPS) is 13.1. The molecule has 0 N–H and O–H groups in total. The Morgan fingerprint density at radius 1 is 0.625 bits per heavy atom. The van der Waals surface area contributed by atoms with Crippen molar-refractivity contribution in [3.63, 3.8) is 0 Å². The van der Waals surface area contributed by atoms with Gasteiger partial charge < -0.3 is 0 Å². The topological polar surface area (TPSA) is 0 Å². The molecule has 24 heavy (non-hydrogen) atoms. The molecule has 126 valence electrons. The van der Waals surface area contributed by atoms with E-state index >= 15 is 0 Å². The molecule has 2 aromatic carbocycles. The lowest BCUT2D eigenvalue weighted by Gasteiger charge is -2.11. The number of hydrogen-bond donors (Lipinski definition) is 0. The molecule has 0 amide bonds. The summed E-state index contributed by atoms with van der Waals surface area (Å²) in [5.41, 5.74) is 1.15. The van der Waals surface area contributed by atoms with E-state index in [9.17, 15) is 26.3 Å². The molecule has 0 aliphatic carbocycles. The van der Waals surface area contributed by atoms with E-state index in [1.54, 1.807) is 36.4 Å². The van der Waals surface area contributed by atoms with Crippen molar-refractivity contribution in [3.8, 4) is 11.1 Å². The molecule has 0 atom stereocenters. The van der Waals surface area contributed by atoms with Gasteiger partial charge in [-0.1, -0.05) is 48.5 Å². The fraction of sp³-hybridized carbons (Fsp3) is 0.111. The number of allylic oxidation sites excluding steroid dienone is 2. The quantitative estimate of drug-likeness (QED) is 0.558. The third-order valence-electron chi connectivity index (χ3n) is 3.12. The van der Waals surface area contributed by atoms with Gasteiger partial charge in [0.1, 0.15) is 0 Å². The third-order valence-corrected chi connectivity index (χ3v) is 3.12. The summed E-state index contributed by atoms with van der Waals surface area (Å²) >= 11 is 0. The number of rotatable bonds is 3. The minimum Gasteiger partial charge on any atom is -0.167 e. The maximum absolute atomic E-state index is 12.5. The summed E-state index contributed by atoms with van der Waals surface area (Å²) in [6.07, 6.45) is -7.54. The third kappa shape index (κ3) is 5.30. The van der Waals surface area contributed by atoms with E-state index in [0.717, 1.165) is 12.2 Å². The molecule has 0 spiro atoms. The van der Waals surface area contributed by atoms with Crippen LogP contribution in [0.25, 0.3) is 23.3 Å². The molecular weight excluding hydrogens is 330 g/mol. The first-order chi connectivity index (χ1) is 11.2. The first-order valence-corrected chi connectivity index (χ1v) is 6.86. The summed E-state index contributed by atoms with van der Waals surface area (Å²) < 4.78 is 74.7. The molecule has 0 fully saturated rings. The standard InChI is InChI=1S/C18H12F6/c19-17(20,21)11-9-14-7-4-8-15(13-5-2-1-3-6-13)16(14)10-12-18(22,23)24/h1-12H. The van der Waals surface area contributed by atoms with Crippen LogP contribution in [0.2, 0.25) is 0 Å². The van der Waals surface area contributed by atoms with E-state index in [0.29, 0.717) is 11.1 Å². The van der Waals surface area contributed by atoms with Crippen molar-refractivity contribution in [2.45, 2.75) is 12.4 Å². The number of benzene rings is 2. The Hall–Kier alpha value is -2.50. The van der Waals surface area contributed by atoms with E-state index in [2.05, 4.69) is 0 Å². The van der Waals surface area contributed by atoms with Crippen LogP contribution in [0.3, 0.4) is 0 Å². The average molecular weight is 342 g/mol. The van der Waals surface area contributed by atoms with Crippen LogP contribution in [0.4, 0.5) is 26.3 Å². The van der Waals surface area contributed by atoms with Gasteiger partial charge in [-0.15, -0.1) is 0 Å². The van der Waals surface area contributed by atoms with Crippen molar-refractivity contribution < 1.29 is 26.3 Å². The smallest absolute Gasteiger partial charge is 0.167 e. The number of alkyl halides is 6. The highest BCUT2D eigenvalue weighted by Gasteiger charge is 2.24. The van der Waals surface area contributed by atoms with Crippen molar-refractivity contribution in [2.75, 3.05) is 0 Å². The molecule has 0 heterocycles. The number of halogens is 6. The van der Waals surface area contributed by atoms with Crippen molar-refractivity contribution in [1.82, 2.24) is 0 Å². The fourth-order valence-corrected chi connectivity index (χ4v) is 2.15. The first kappa shape index (κ1) is 17.8. The van der Waals surface area contributed by atoms with Gasteiger partial charge in [-0.05, 0) is 34.4 Å². The predicted octanol–water partition coefficient (Wildman–Crippen LogP) is 6.50. The fourth-order valence-electron chi connectivity index (χ4n) is 2.15. The summed E-state index contributed by atoms with van der Waals surface area (Å²) in [5.74, 6) is 0. The molecule has 2 aromatic rings. The summed E-state index contributed by atoms with van der Waals surface area (Å²) in [7, 11) is 0. The Bertz CT molecular complexity index is 736. The highest BCUT2D eigenvalue weighted by atomic mass is 19.4. The SMILES string of the molecule is FC(F)(F)C=Cc1cccc(-c2ccccc2)c1C=CC(F)(F)F. The largest absolute Gasteiger partial charge is 0.409 e. The molecule has 0 saturated heterocycles. The molecule has 2 rings (SSSR count). The highest BCUT2D eigenvalue weighted by Crippen LogP contribution is 2.31. The maximum atomic E-state index is 12.5. The van der Waals surface area contributed by atoms with E-state index in [1.807, 2.05) is 0 Å². The molecular formula is C18H12F6. The van der Waals surface area contributed by atoms with Gasteiger partial charge in [0.25, 0.3) is 0 Å². The van der Waals surface area contributed by atoms with Crippen molar-refractivity contribution in [2.24, 2.45) is 0 Å². The van der Waals surface area contributed by atoms with Crippen LogP contribution >= 0.6 is 0 Å². The Kier molecular flexibility index (Phi) is 5.17. The van der Waals surface area contributed by atoms with Gasteiger partial charge in [0.2, 0.25) is 0 Å². The molecule has 0 aliphatic rings. The minimum absolute atomic E-state index is 0.00202. The van der Waals surface area contributed by atoms with Gasteiger partial charge in [-0.25, -0.2) is 0 Å². The molecule has 0 saturated carbocycles. The second-order valence-electron chi connectivity index (χ2n) is 4.92. The maximum Gasteiger partial charge on any atom is 0.409 e. The van der Waals surface area contributed by atoms with Gasteiger partial charge in [-0.2, -0.15) is 26.3 Å². The summed E-state index contributed by atoms with van der Waals surface area (Å²) in [6, 6.07) is 12.9. The van der Waals surface area contributed by atoms with Crippen LogP contribution in [-0.4, -0.2) is 12.4 Å². The first-order valence-electron chi connectivity index (χ1n) is 6.86. The van der Waals surface area contributed by atoms with Crippen LogP contribution in [-0.2, 0) is 0 Å². The second-order valence-corrected chi connectivity index (χ2v) is 4.92. The Morgan fingerprint density at radius 2 is 1.21 bits per heavy atom. The van der Waals surface area contributed by atoms with E-state index in [-0.39, 0.29) is 23.3 Å². The van der Waals surface area contributed by atoms with E-state index < -0.39 is 12.4 Å². The summed E-state index contributed by atoms with van der Waals surface area (Å²) in [6.45, 7) is 0. The highest BCUT2D eigenvalue weighted by molar-refractivity contribution is 5.81. The van der Waals surface area contributed by atoms with Gasteiger partial charge in [0, 0.05) is 12.2 Å². The lowest BCUT2D eigenvalue weighted by molar-refractivity contribution is -0.0801. The van der Waals surface area contributed by atoms with Gasteiger partial charge in [0.15, 0.2) is 0 Å². The molecule has 6 heteroatoms. The summed E-state index contributed by atoms with van der Waals surface area (Å²) in [5, 5.41) is 0. The lowest BCUT2D eigenvalue weighted by atomic mass is 9.94. The van der Waals surface area contributed by atoms with Crippen molar-refractivity contribution in [1.29, 1.82) is 0 Å².